The number of ether oxygens (including phenoxy) is 2. The van der Waals surface area contributed by atoms with Crippen LogP contribution in [0.4, 0.5) is 0 Å². The standard InChI is InChI=1S/C24H43NO2/c1-7-9-16-25(15-8-2)17-12-22-19-26-24(27-22)13-10-21(11-14-24)23(5,6)18-20(3)4/h7-8,20-22H,1-2,9-19H2,3-6H3. The van der Waals surface area contributed by atoms with Crippen molar-refractivity contribution < 1.29 is 9.47 Å². The normalized spacial score (nSPS) is 29.0. The van der Waals surface area contributed by atoms with Crippen LogP contribution in [0.5, 0.6) is 0 Å². The summed E-state index contributed by atoms with van der Waals surface area (Å²) in [6.45, 7) is 21.0. The van der Waals surface area contributed by atoms with Crippen molar-refractivity contribution in [1.82, 2.24) is 4.90 Å². The van der Waals surface area contributed by atoms with E-state index < -0.39 is 0 Å². The Morgan fingerprint density at radius 2 is 1.85 bits per heavy atom. The smallest absolute Gasteiger partial charge is 0.168 e. The molecule has 156 valence electrons. The lowest BCUT2D eigenvalue weighted by Gasteiger charge is -2.43. The molecule has 1 heterocycles. The molecule has 27 heavy (non-hydrogen) atoms. The predicted octanol–water partition coefficient (Wildman–Crippen LogP) is 5.81. The summed E-state index contributed by atoms with van der Waals surface area (Å²) in [5.74, 6) is 1.26. The van der Waals surface area contributed by atoms with Gasteiger partial charge in [0.2, 0.25) is 0 Å². The Labute approximate surface area is 168 Å². The largest absolute Gasteiger partial charge is 0.347 e. The zero-order valence-electron chi connectivity index (χ0n) is 18.3. The van der Waals surface area contributed by atoms with Crippen molar-refractivity contribution in [3.63, 3.8) is 0 Å². The van der Waals surface area contributed by atoms with Gasteiger partial charge in [0.15, 0.2) is 5.79 Å². The first-order valence-electron chi connectivity index (χ1n) is 11.1. The summed E-state index contributed by atoms with van der Waals surface area (Å²) >= 11 is 0. The first-order valence-corrected chi connectivity index (χ1v) is 11.1. The van der Waals surface area contributed by atoms with Gasteiger partial charge in [0.1, 0.15) is 0 Å². The van der Waals surface area contributed by atoms with Gasteiger partial charge in [-0.1, -0.05) is 39.8 Å². The first kappa shape index (κ1) is 22.6. The molecule has 0 aromatic carbocycles. The third-order valence-corrected chi connectivity index (χ3v) is 6.50. The van der Waals surface area contributed by atoms with Gasteiger partial charge in [0, 0.05) is 32.5 Å². The van der Waals surface area contributed by atoms with Crippen molar-refractivity contribution >= 4 is 0 Å². The zero-order valence-corrected chi connectivity index (χ0v) is 18.3. The van der Waals surface area contributed by atoms with Crippen molar-refractivity contribution in [2.24, 2.45) is 17.3 Å². The molecule has 0 amide bonds. The van der Waals surface area contributed by atoms with E-state index in [0.717, 1.165) is 63.8 Å². The van der Waals surface area contributed by atoms with E-state index >= 15 is 0 Å². The molecule has 0 aromatic heterocycles. The van der Waals surface area contributed by atoms with Crippen LogP contribution in [0.1, 0.15) is 72.6 Å². The maximum atomic E-state index is 6.47. The summed E-state index contributed by atoms with van der Waals surface area (Å²) in [5, 5.41) is 0. The van der Waals surface area contributed by atoms with Gasteiger partial charge in [-0.2, -0.15) is 0 Å². The Kier molecular flexibility index (Phi) is 8.58. The predicted molar refractivity (Wildman–Crippen MR) is 115 cm³/mol. The van der Waals surface area contributed by atoms with Crippen LogP contribution < -0.4 is 0 Å². The minimum atomic E-state index is -0.292. The van der Waals surface area contributed by atoms with Crippen molar-refractivity contribution in [2.45, 2.75) is 84.5 Å². The zero-order chi connectivity index (χ0) is 19.9. The van der Waals surface area contributed by atoms with Crippen molar-refractivity contribution in [2.75, 3.05) is 26.2 Å². The van der Waals surface area contributed by atoms with Gasteiger partial charge in [-0.25, -0.2) is 0 Å². The number of nitrogens with zero attached hydrogens (tertiary/aromatic N) is 1. The number of hydrogen-bond donors (Lipinski definition) is 0. The average Bonchev–Trinajstić information content (AvgIpc) is 2.99. The summed E-state index contributed by atoms with van der Waals surface area (Å²) in [4.78, 5) is 2.42. The van der Waals surface area contributed by atoms with Crippen molar-refractivity contribution in [3.8, 4) is 0 Å². The molecule has 1 saturated heterocycles. The highest BCUT2D eigenvalue weighted by atomic mass is 16.7. The quantitative estimate of drug-likeness (QED) is 0.424. The molecule has 2 aliphatic rings. The second-order valence-electron chi connectivity index (χ2n) is 9.78. The highest BCUT2D eigenvalue weighted by Crippen LogP contribution is 2.48. The molecular formula is C24H43NO2. The van der Waals surface area contributed by atoms with Crippen LogP contribution in [0, 0.1) is 17.3 Å². The lowest BCUT2D eigenvalue weighted by atomic mass is 9.66. The van der Waals surface area contributed by atoms with E-state index in [9.17, 15) is 0 Å². The van der Waals surface area contributed by atoms with Crippen LogP contribution in [0.15, 0.2) is 25.3 Å². The lowest BCUT2D eigenvalue weighted by molar-refractivity contribution is -0.198. The van der Waals surface area contributed by atoms with Gasteiger partial charge in [0.05, 0.1) is 12.7 Å². The average molecular weight is 378 g/mol. The van der Waals surface area contributed by atoms with E-state index in [1.807, 2.05) is 12.2 Å². The monoisotopic (exact) mass is 377 g/mol. The highest BCUT2D eigenvalue weighted by molar-refractivity contribution is 4.90. The third kappa shape index (κ3) is 6.73. The first-order chi connectivity index (χ1) is 12.8. The SMILES string of the molecule is C=CCCN(CC=C)CCC1COC2(CCC(C(C)(C)CC(C)C)CC2)O1. The van der Waals surface area contributed by atoms with Gasteiger partial charge < -0.3 is 9.47 Å². The summed E-state index contributed by atoms with van der Waals surface area (Å²) in [6.07, 6.45) is 12.1. The molecule has 2 rings (SSSR count). The molecule has 0 radical (unpaired) electrons. The molecule has 1 atom stereocenters. The maximum absolute atomic E-state index is 6.47. The topological polar surface area (TPSA) is 21.7 Å². The minimum Gasteiger partial charge on any atom is -0.347 e. The van der Waals surface area contributed by atoms with Crippen LogP contribution in [-0.2, 0) is 9.47 Å². The minimum absolute atomic E-state index is 0.237. The summed E-state index contributed by atoms with van der Waals surface area (Å²) < 4.78 is 12.7. The van der Waals surface area contributed by atoms with Crippen LogP contribution >= 0.6 is 0 Å². The third-order valence-electron chi connectivity index (χ3n) is 6.50. The summed E-state index contributed by atoms with van der Waals surface area (Å²) in [6, 6.07) is 0. The van der Waals surface area contributed by atoms with Gasteiger partial charge in [0.25, 0.3) is 0 Å². The molecule has 2 fully saturated rings. The van der Waals surface area contributed by atoms with Crippen LogP contribution in [0.2, 0.25) is 0 Å². The molecule has 1 spiro atoms. The lowest BCUT2D eigenvalue weighted by Crippen LogP contribution is -2.40. The molecule has 0 N–H and O–H groups in total. The second-order valence-corrected chi connectivity index (χ2v) is 9.78. The fraction of sp³-hybridized carbons (Fsp3) is 0.833. The van der Waals surface area contributed by atoms with Gasteiger partial charge in [-0.3, -0.25) is 4.90 Å². The van der Waals surface area contributed by atoms with E-state index in [0.29, 0.717) is 5.41 Å². The fourth-order valence-electron chi connectivity index (χ4n) is 5.16. The Balaban J connectivity index is 1.78. The molecular weight excluding hydrogens is 334 g/mol. The molecule has 1 unspecified atom stereocenters. The van der Waals surface area contributed by atoms with E-state index in [1.165, 1.54) is 19.3 Å². The van der Waals surface area contributed by atoms with Crippen molar-refractivity contribution in [3.05, 3.63) is 25.3 Å². The Bertz CT molecular complexity index is 463. The van der Waals surface area contributed by atoms with Crippen LogP contribution in [0.3, 0.4) is 0 Å². The van der Waals surface area contributed by atoms with Gasteiger partial charge in [-0.15, -0.1) is 13.2 Å². The van der Waals surface area contributed by atoms with Crippen LogP contribution in [-0.4, -0.2) is 43.0 Å². The second kappa shape index (κ2) is 10.2. The fourth-order valence-corrected chi connectivity index (χ4v) is 5.16. The summed E-state index contributed by atoms with van der Waals surface area (Å²) in [5.41, 5.74) is 0.421. The molecule has 0 bridgehead atoms. The van der Waals surface area contributed by atoms with E-state index in [4.69, 9.17) is 9.47 Å². The molecule has 1 aliphatic heterocycles. The van der Waals surface area contributed by atoms with Gasteiger partial charge in [-0.05, 0) is 49.4 Å². The molecule has 1 aliphatic carbocycles. The molecule has 3 heteroatoms. The van der Waals surface area contributed by atoms with E-state index in [1.54, 1.807) is 0 Å². The van der Waals surface area contributed by atoms with Gasteiger partial charge >= 0.3 is 0 Å². The number of hydrogen-bond acceptors (Lipinski definition) is 3. The molecule has 3 nitrogen and oxygen atoms in total. The molecule has 0 aromatic rings. The molecule has 1 saturated carbocycles. The Morgan fingerprint density at radius 1 is 1.15 bits per heavy atom. The van der Waals surface area contributed by atoms with E-state index in [2.05, 4.69) is 45.8 Å². The maximum Gasteiger partial charge on any atom is 0.168 e. The summed E-state index contributed by atoms with van der Waals surface area (Å²) in [7, 11) is 0. The van der Waals surface area contributed by atoms with Crippen LogP contribution in [0.25, 0.3) is 0 Å². The highest BCUT2D eigenvalue weighted by Gasteiger charge is 2.46. The Hall–Kier alpha value is -0.640. The Morgan fingerprint density at radius 3 is 2.44 bits per heavy atom. The van der Waals surface area contributed by atoms with E-state index in [-0.39, 0.29) is 11.9 Å². The van der Waals surface area contributed by atoms with Crippen molar-refractivity contribution in [1.29, 1.82) is 0 Å². The number of rotatable bonds is 11.